The molecule has 4 rings (SSSR count). The van der Waals surface area contributed by atoms with E-state index in [4.69, 9.17) is 9.47 Å². The molecule has 2 aromatic carbocycles. The Bertz CT molecular complexity index is 1240. The second-order valence-electron chi connectivity index (χ2n) is 8.51. The molecule has 1 N–H and O–H groups in total. The summed E-state index contributed by atoms with van der Waals surface area (Å²) in [5.41, 5.74) is 1.99. The lowest BCUT2D eigenvalue weighted by Gasteiger charge is -2.26. The van der Waals surface area contributed by atoms with Crippen LogP contribution in [0.15, 0.2) is 78.6 Å². The van der Waals surface area contributed by atoms with Gasteiger partial charge in [0.25, 0.3) is 11.7 Å². The first-order chi connectivity index (χ1) is 17.5. The number of unbranched alkanes of at least 4 members (excludes halogenated alkanes) is 1. The van der Waals surface area contributed by atoms with Gasteiger partial charge in [0.2, 0.25) is 0 Å². The summed E-state index contributed by atoms with van der Waals surface area (Å²) in [4.78, 5) is 32.1. The van der Waals surface area contributed by atoms with Crippen LogP contribution < -0.4 is 9.47 Å². The molecule has 0 radical (unpaired) electrons. The summed E-state index contributed by atoms with van der Waals surface area (Å²) < 4.78 is 11.4. The van der Waals surface area contributed by atoms with Crippen LogP contribution in [0.4, 0.5) is 0 Å². The Morgan fingerprint density at radius 1 is 0.972 bits per heavy atom. The fourth-order valence-electron chi connectivity index (χ4n) is 4.21. The molecule has 1 aliphatic heterocycles. The Labute approximate surface area is 211 Å². The molecular formula is C29H30N2O5. The first kappa shape index (κ1) is 25.0. The lowest BCUT2D eigenvalue weighted by molar-refractivity contribution is -0.140. The Morgan fingerprint density at radius 2 is 1.72 bits per heavy atom. The van der Waals surface area contributed by atoms with Crippen LogP contribution in [0.3, 0.4) is 0 Å². The zero-order chi connectivity index (χ0) is 25.5. The highest BCUT2D eigenvalue weighted by Crippen LogP contribution is 2.41. The molecule has 0 saturated carbocycles. The summed E-state index contributed by atoms with van der Waals surface area (Å²) in [7, 11) is 0. The predicted octanol–water partition coefficient (Wildman–Crippen LogP) is 5.28. The number of Topliss-reactive ketones (excluding diaryl/α,β-unsaturated/α-hetero) is 1. The highest BCUT2D eigenvalue weighted by molar-refractivity contribution is 6.46. The number of amides is 1. The number of hydrogen-bond acceptors (Lipinski definition) is 6. The first-order valence-electron chi connectivity index (χ1n) is 12.2. The predicted molar refractivity (Wildman–Crippen MR) is 137 cm³/mol. The SMILES string of the molecule is CCCCOc1cccc(C2C(=C(O)c3ccc(OCC)cc3)C(=O)C(=O)N2Cc2ccncc2)c1. The topological polar surface area (TPSA) is 89.0 Å². The standard InChI is InChI=1S/C29H30N2O5/c1-3-5-17-36-24-8-6-7-22(18-24)26-25(27(32)21-9-11-23(12-10-21)35-4-2)28(33)29(34)31(26)19-20-13-15-30-16-14-20/h6-16,18,26,32H,3-5,17,19H2,1-2H3. The number of pyridine rings is 1. The minimum absolute atomic E-state index is 0.0453. The van der Waals surface area contributed by atoms with Gasteiger partial charge in [-0.25, -0.2) is 0 Å². The summed E-state index contributed by atoms with van der Waals surface area (Å²) in [5, 5.41) is 11.3. The Balaban J connectivity index is 1.78. The third-order valence-electron chi connectivity index (χ3n) is 6.02. The number of rotatable bonds is 10. The van der Waals surface area contributed by atoms with Gasteiger partial charge >= 0.3 is 0 Å². The maximum atomic E-state index is 13.3. The van der Waals surface area contributed by atoms with Gasteiger partial charge < -0.3 is 19.5 Å². The number of carbonyl (C=O) groups excluding carboxylic acids is 2. The van der Waals surface area contributed by atoms with Crippen molar-refractivity contribution in [1.29, 1.82) is 0 Å². The van der Waals surface area contributed by atoms with Gasteiger partial charge in [0, 0.05) is 24.5 Å². The number of hydrogen-bond donors (Lipinski definition) is 1. The van der Waals surface area contributed by atoms with E-state index in [9.17, 15) is 14.7 Å². The van der Waals surface area contributed by atoms with Gasteiger partial charge in [0.05, 0.1) is 24.8 Å². The van der Waals surface area contributed by atoms with Crippen LogP contribution in [0, 0.1) is 0 Å². The number of benzene rings is 2. The number of aliphatic hydroxyl groups is 1. The monoisotopic (exact) mass is 486 g/mol. The molecule has 0 bridgehead atoms. The molecule has 1 amide bonds. The summed E-state index contributed by atoms with van der Waals surface area (Å²) in [6.45, 7) is 5.26. The molecule has 36 heavy (non-hydrogen) atoms. The van der Waals surface area contributed by atoms with Crippen molar-refractivity contribution in [1.82, 2.24) is 9.88 Å². The van der Waals surface area contributed by atoms with Crippen molar-refractivity contribution in [2.75, 3.05) is 13.2 Å². The Kier molecular flexibility index (Phi) is 8.00. The molecule has 1 aromatic heterocycles. The van der Waals surface area contributed by atoms with E-state index in [1.54, 1.807) is 48.8 Å². The van der Waals surface area contributed by atoms with E-state index in [0.29, 0.717) is 35.8 Å². The quantitative estimate of drug-likeness (QED) is 0.182. The molecule has 0 aliphatic carbocycles. The van der Waals surface area contributed by atoms with Gasteiger partial charge in [-0.3, -0.25) is 14.6 Å². The molecule has 1 aliphatic rings. The normalized spacial score (nSPS) is 16.8. The van der Waals surface area contributed by atoms with Crippen molar-refractivity contribution in [3.05, 3.63) is 95.3 Å². The van der Waals surface area contributed by atoms with Gasteiger partial charge in [-0.1, -0.05) is 25.5 Å². The average Bonchev–Trinajstić information content (AvgIpc) is 3.15. The summed E-state index contributed by atoms with van der Waals surface area (Å²) in [6.07, 6.45) is 5.21. The van der Waals surface area contributed by atoms with Crippen molar-refractivity contribution in [3.63, 3.8) is 0 Å². The van der Waals surface area contributed by atoms with E-state index in [2.05, 4.69) is 11.9 Å². The van der Waals surface area contributed by atoms with Gasteiger partial charge in [-0.2, -0.15) is 0 Å². The molecule has 1 saturated heterocycles. The lowest BCUT2D eigenvalue weighted by Crippen LogP contribution is -2.29. The molecule has 7 nitrogen and oxygen atoms in total. The average molecular weight is 487 g/mol. The van der Waals surface area contributed by atoms with E-state index in [1.807, 2.05) is 31.2 Å². The van der Waals surface area contributed by atoms with Crippen molar-refractivity contribution in [2.45, 2.75) is 39.3 Å². The van der Waals surface area contributed by atoms with Crippen LogP contribution >= 0.6 is 0 Å². The van der Waals surface area contributed by atoms with E-state index in [0.717, 1.165) is 18.4 Å². The van der Waals surface area contributed by atoms with Gasteiger partial charge in [0.1, 0.15) is 17.3 Å². The molecule has 1 fully saturated rings. The number of carbonyl (C=O) groups is 2. The second kappa shape index (κ2) is 11.5. The van der Waals surface area contributed by atoms with Crippen molar-refractivity contribution >= 4 is 17.4 Å². The fourth-order valence-corrected chi connectivity index (χ4v) is 4.21. The van der Waals surface area contributed by atoms with Crippen LogP contribution in [0.2, 0.25) is 0 Å². The zero-order valence-corrected chi connectivity index (χ0v) is 20.5. The largest absolute Gasteiger partial charge is 0.507 e. The molecule has 1 atom stereocenters. The van der Waals surface area contributed by atoms with E-state index in [-0.39, 0.29) is 17.9 Å². The molecule has 3 aromatic rings. The number of nitrogens with zero attached hydrogens (tertiary/aromatic N) is 2. The molecule has 0 spiro atoms. The van der Waals surface area contributed by atoms with Crippen molar-refractivity contribution < 1.29 is 24.2 Å². The third kappa shape index (κ3) is 5.40. The molecular weight excluding hydrogens is 456 g/mol. The number of ketones is 1. The second-order valence-corrected chi connectivity index (χ2v) is 8.51. The number of ether oxygens (including phenoxy) is 2. The maximum absolute atomic E-state index is 13.3. The van der Waals surface area contributed by atoms with Crippen molar-refractivity contribution in [2.24, 2.45) is 0 Å². The van der Waals surface area contributed by atoms with Crippen molar-refractivity contribution in [3.8, 4) is 11.5 Å². The number of aromatic nitrogens is 1. The molecule has 1 unspecified atom stereocenters. The molecule has 7 heteroatoms. The molecule has 2 heterocycles. The van der Waals surface area contributed by atoms with Crippen LogP contribution in [-0.4, -0.2) is 39.9 Å². The van der Waals surface area contributed by atoms with Crippen LogP contribution in [-0.2, 0) is 16.1 Å². The van der Waals surface area contributed by atoms with Gasteiger partial charge in [0.15, 0.2) is 0 Å². The van der Waals surface area contributed by atoms with Gasteiger partial charge in [-0.15, -0.1) is 0 Å². The van der Waals surface area contributed by atoms with Gasteiger partial charge in [-0.05, 0) is 73.0 Å². The lowest BCUT2D eigenvalue weighted by atomic mass is 9.95. The highest BCUT2D eigenvalue weighted by Gasteiger charge is 2.46. The molecule has 186 valence electrons. The van der Waals surface area contributed by atoms with Crippen LogP contribution in [0.5, 0.6) is 11.5 Å². The Morgan fingerprint density at radius 3 is 2.42 bits per heavy atom. The van der Waals surface area contributed by atoms with E-state index in [1.165, 1.54) is 4.90 Å². The van der Waals surface area contributed by atoms with E-state index < -0.39 is 17.7 Å². The summed E-state index contributed by atoms with van der Waals surface area (Å²) in [5.74, 6) is -0.313. The fraction of sp³-hybridized carbons (Fsp3) is 0.276. The van der Waals surface area contributed by atoms with E-state index >= 15 is 0 Å². The van der Waals surface area contributed by atoms with Crippen LogP contribution in [0.25, 0.3) is 5.76 Å². The third-order valence-corrected chi connectivity index (χ3v) is 6.02. The smallest absolute Gasteiger partial charge is 0.295 e. The minimum Gasteiger partial charge on any atom is -0.507 e. The number of aliphatic hydroxyl groups excluding tert-OH is 1. The number of likely N-dealkylation sites (tertiary alicyclic amines) is 1. The maximum Gasteiger partial charge on any atom is 0.295 e. The summed E-state index contributed by atoms with van der Waals surface area (Å²) in [6, 6.07) is 17.0. The first-order valence-corrected chi connectivity index (χ1v) is 12.2. The summed E-state index contributed by atoms with van der Waals surface area (Å²) >= 11 is 0. The Hall–Kier alpha value is -4.13. The minimum atomic E-state index is -0.778. The zero-order valence-electron chi connectivity index (χ0n) is 20.5. The highest BCUT2D eigenvalue weighted by atomic mass is 16.5. The van der Waals surface area contributed by atoms with Crippen LogP contribution in [0.1, 0.15) is 49.4 Å².